The van der Waals surface area contributed by atoms with Crippen molar-refractivity contribution in [3.63, 3.8) is 0 Å². The van der Waals surface area contributed by atoms with Gasteiger partial charge in [-0.05, 0) is 0 Å². The Morgan fingerprint density at radius 1 is 1.13 bits per heavy atom. The van der Waals surface area contributed by atoms with Crippen LogP contribution in [0.3, 0.4) is 0 Å². The van der Waals surface area contributed by atoms with E-state index in [0.717, 1.165) is 22.5 Å². The number of nitrogens with one attached hydrogen (secondary N) is 1. The third-order valence-corrected chi connectivity index (χ3v) is 5.15. The van der Waals surface area contributed by atoms with E-state index in [4.69, 9.17) is 9.47 Å². The fraction of sp³-hybridized carbons (Fsp3) is 0.286. The summed E-state index contributed by atoms with van der Waals surface area (Å²) < 4.78 is 14.8. The molecule has 1 saturated heterocycles. The summed E-state index contributed by atoms with van der Waals surface area (Å²) in [6.45, 7) is 0.616. The minimum Gasteiger partial charge on any atom is -0.484 e. The van der Waals surface area contributed by atoms with E-state index >= 15 is 0 Å². The molecule has 4 heterocycles. The lowest BCUT2D eigenvalue weighted by Crippen LogP contribution is -2.29. The maximum Gasteiger partial charge on any atom is 0.163 e. The third-order valence-electron chi connectivity index (χ3n) is 5.15. The minimum atomic E-state index is -0.660. The highest BCUT2D eigenvalue weighted by Crippen LogP contribution is 2.31. The fourth-order valence-electron chi connectivity index (χ4n) is 3.51. The summed E-state index contributed by atoms with van der Waals surface area (Å²) in [5.41, 5.74) is 2.58. The highest BCUT2D eigenvalue weighted by molar-refractivity contribution is 5.84. The maximum atomic E-state index is 10.1. The van der Waals surface area contributed by atoms with E-state index in [1.54, 1.807) is 15.6 Å². The monoisotopic (exact) mass is 406 g/mol. The summed E-state index contributed by atoms with van der Waals surface area (Å²) in [4.78, 5) is 4.68. The molecular formula is C21H22N6O3. The largest absolute Gasteiger partial charge is 0.484 e. The lowest BCUT2D eigenvalue weighted by molar-refractivity contribution is 0.0743. The van der Waals surface area contributed by atoms with Gasteiger partial charge in [-0.25, -0.2) is 4.98 Å². The summed E-state index contributed by atoms with van der Waals surface area (Å²) in [6.07, 6.45) is 0.623. The summed E-state index contributed by atoms with van der Waals surface area (Å²) in [5.74, 6) is 1.98. The van der Waals surface area contributed by atoms with Crippen molar-refractivity contribution in [1.29, 1.82) is 0 Å². The number of nitrogens with zero attached hydrogens (tertiary/aromatic N) is 5. The predicted octanol–water partition coefficient (Wildman–Crippen LogP) is 2.25. The highest BCUT2D eigenvalue weighted by atomic mass is 16.6. The number of hydrogen-bond donors (Lipinski definition) is 2. The maximum absolute atomic E-state index is 10.1. The number of aliphatic hydroxyl groups excluding tert-OH is 1. The molecule has 9 heteroatoms. The minimum absolute atomic E-state index is 0.272. The molecule has 154 valence electrons. The molecule has 1 aliphatic heterocycles. The van der Waals surface area contributed by atoms with Crippen LogP contribution in [-0.2, 0) is 18.8 Å². The Kier molecular flexibility index (Phi) is 4.61. The Labute approximate surface area is 172 Å². The molecule has 0 amide bonds. The van der Waals surface area contributed by atoms with Gasteiger partial charge in [0.15, 0.2) is 5.65 Å². The number of rotatable bonds is 5. The van der Waals surface area contributed by atoms with Crippen molar-refractivity contribution in [3.8, 4) is 17.0 Å². The van der Waals surface area contributed by atoms with Crippen LogP contribution >= 0.6 is 0 Å². The second-order valence-corrected chi connectivity index (χ2v) is 7.30. The van der Waals surface area contributed by atoms with Crippen molar-refractivity contribution in [1.82, 2.24) is 24.5 Å². The number of ether oxygens (including phenoxy) is 2. The molecule has 0 radical (unpaired) electrons. The standard InChI is InChI=1S/C21H22N6O3/c1-26-20(8-15(25-26)13-6-4-3-5-7-13)23-19-9-17(30-18-12-29-11-16(18)28)14-10-22-27(2)21(14)24-19/h3-10,16,18,28H,11-12H2,1-2H3,(H,23,24). The SMILES string of the molecule is Cn1nc(-c2ccccc2)cc1Nc1cc(OC2COCC2O)c2cnn(C)c2n1. The van der Waals surface area contributed by atoms with Gasteiger partial charge in [0.2, 0.25) is 0 Å². The third kappa shape index (κ3) is 3.38. The lowest BCUT2D eigenvalue weighted by Gasteiger charge is -2.17. The molecule has 0 aliphatic carbocycles. The molecular weight excluding hydrogens is 384 g/mol. The number of hydrogen-bond acceptors (Lipinski definition) is 7. The van der Waals surface area contributed by atoms with Crippen molar-refractivity contribution in [2.45, 2.75) is 12.2 Å². The number of aryl methyl sites for hydroxylation is 2. The van der Waals surface area contributed by atoms with E-state index in [0.29, 0.717) is 23.8 Å². The first-order chi connectivity index (χ1) is 14.6. The van der Waals surface area contributed by atoms with Crippen molar-refractivity contribution < 1.29 is 14.6 Å². The van der Waals surface area contributed by atoms with Crippen LogP contribution in [0.15, 0.2) is 48.7 Å². The second-order valence-electron chi connectivity index (χ2n) is 7.30. The van der Waals surface area contributed by atoms with E-state index in [1.807, 2.05) is 56.6 Å². The van der Waals surface area contributed by atoms with E-state index in [9.17, 15) is 5.11 Å². The number of benzene rings is 1. The molecule has 2 N–H and O–H groups in total. The van der Waals surface area contributed by atoms with Crippen molar-refractivity contribution in [2.75, 3.05) is 18.5 Å². The molecule has 30 heavy (non-hydrogen) atoms. The van der Waals surface area contributed by atoms with E-state index < -0.39 is 12.2 Å². The van der Waals surface area contributed by atoms with Gasteiger partial charge in [0, 0.05) is 31.8 Å². The van der Waals surface area contributed by atoms with Gasteiger partial charge in [-0.15, -0.1) is 0 Å². The smallest absolute Gasteiger partial charge is 0.163 e. The van der Waals surface area contributed by atoms with Crippen LogP contribution in [0.1, 0.15) is 0 Å². The first-order valence-electron chi connectivity index (χ1n) is 9.70. The topological polar surface area (TPSA) is 99.3 Å². The Balaban J connectivity index is 1.49. The van der Waals surface area contributed by atoms with E-state index in [1.165, 1.54) is 0 Å². The first-order valence-corrected chi connectivity index (χ1v) is 9.70. The molecule has 1 aromatic carbocycles. The molecule has 5 rings (SSSR count). The number of anilines is 2. The second kappa shape index (κ2) is 7.43. The van der Waals surface area contributed by atoms with Gasteiger partial charge in [0.1, 0.15) is 29.6 Å². The quantitative estimate of drug-likeness (QED) is 0.524. The molecule has 2 unspecified atom stereocenters. The fourth-order valence-corrected chi connectivity index (χ4v) is 3.51. The molecule has 0 bridgehead atoms. The molecule has 4 aromatic rings. The molecule has 3 aromatic heterocycles. The highest BCUT2D eigenvalue weighted by Gasteiger charge is 2.29. The normalized spacial score (nSPS) is 18.8. The molecule has 0 saturated carbocycles. The predicted molar refractivity (Wildman–Crippen MR) is 112 cm³/mol. The van der Waals surface area contributed by atoms with Gasteiger partial charge in [-0.3, -0.25) is 9.36 Å². The average molecular weight is 406 g/mol. The van der Waals surface area contributed by atoms with Crippen LogP contribution < -0.4 is 10.1 Å². The van der Waals surface area contributed by atoms with Gasteiger partial charge in [0.25, 0.3) is 0 Å². The Morgan fingerprint density at radius 3 is 2.73 bits per heavy atom. The number of aliphatic hydroxyl groups is 1. The Bertz CT molecular complexity index is 1190. The first kappa shape index (κ1) is 18.6. The number of pyridine rings is 1. The van der Waals surface area contributed by atoms with Crippen LogP contribution in [0.25, 0.3) is 22.3 Å². The van der Waals surface area contributed by atoms with Crippen LogP contribution in [0.5, 0.6) is 5.75 Å². The lowest BCUT2D eigenvalue weighted by atomic mass is 10.1. The molecule has 0 spiro atoms. The van der Waals surface area contributed by atoms with Gasteiger partial charge in [-0.2, -0.15) is 10.2 Å². The average Bonchev–Trinajstić information content (AvgIpc) is 3.43. The van der Waals surface area contributed by atoms with Gasteiger partial charge >= 0.3 is 0 Å². The zero-order chi connectivity index (χ0) is 20.7. The van der Waals surface area contributed by atoms with Crippen LogP contribution in [-0.4, -0.2) is 55.1 Å². The summed E-state index contributed by atoms with van der Waals surface area (Å²) in [5, 5.41) is 23.0. The van der Waals surface area contributed by atoms with Crippen LogP contribution in [0.2, 0.25) is 0 Å². The Hall–Kier alpha value is -3.43. The van der Waals surface area contributed by atoms with Gasteiger partial charge < -0.3 is 19.9 Å². The van der Waals surface area contributed by atoms with Crippen molar-refractivity contribution in [3.05, 3.63) is 48.7 Å². The molecule has 1 fully saturated rings. The summed E-state index contributed by atoms with van der Waals surface area (Å²) >= 11 is 0. The zero-order valence-corrected chi connectivity index (χ0v) is 16.7. The van der Waals surface area contributed by atoms with Crippen molar-refractivity contribution in [2.24, 2.45) is 14.1 Å². The van der Waals surface area contributed by atoms with Crippen LogP contribution in [0.4, 0.5) is 11.6 Å². The molecule has 2 atom stereocenters. The zero-order valence-electron chi connectivity index (χ0n) is 16.7. The van der Waals surface area contributed by atoms with E-state index in [-0.39, 0.29) is 6.61 Å². The summed E-state index contributed by atoms with van der Waals surface area (Å²) in [6, 6.07) is 13.8. The van der Waals surface area contributed by atoms with Gasteiger partial charge in [-0.1, -0.05) is 30.3 Å². The summed E-state index contributed by atoms with van der Waals surface area (Å²) in [7, 11) is 3.70. The molecule has 9 nitrogen and oxygen atoms in total. The molecule has 1 aliphatic rings. The number of fused-ring (bicyclic) bond motifs is 1. The number of aromatic nitrogens is 5. The van der Waals surface area contributed by atoms with Crippen molar-refractivity contribution >= 4 is 22.7 Å². The van der Waals surface area contributed by atoms with Crippen LogP contribution in [0, 0.1) is 0 Å². The van der Waals surface area contributed by atoms with E-state index in [2.05, 4.69) is 20.5 Å². The Morgan fingerprint density at radius 2 is 1.97 bits per heavy atom. The van der Waals surface area contributed by atoms with Gasteiger partial charge in [0.05, 0.1) is 30.5 Å².